The van der Waals surface area contributed by atoms with Gasteiger partial charge in [0.05, 0.1) is 6.10 Å². The molecule has 17 heavy (non-hydrogen) atoms. The Morgan fingerprint density at radius 2 is 1.94 bits per heavy atom. The normalized spacial score (nSPS) is 23.5. The summed E-state index contributed by atoms with van der Waals surface area (Å²) < 4.78 is 5.52. The highest BCUT2D eigenvalue weighted by atomic mass is 35.5. The summed E-state index contributed by atoms with van der Waals surface area (Å²) in [6, 6.07) is 6.13. The summed E-state index contributed by atoms with van der Waals surface area (Å²) in [7, 11) is 0. The second kappa shape index (κ2) is 6.05. The van der Waals surface area contributed by atoms with Gasteiger partial charge in [-0.3, -0.25) is 0 Å². The van der Waals surface area contributed by atoms with Crippen molar-refractivity contribution in [1.82, 2.24) is 5.32 Å². The van der Waals surface area contributed by atoms with Gasteiger partial charge in [-0.25, -0.2) is 0 Å². The molecule has 1 aromatic carbocycles. The first-order chi connectivity index (χ1) is 8.20. The Morgan fingerprint density at radius 1 is 1.29 bits per heavy atom. The van der Waals surface area contributed by atoms with Crippen LogP contribution in [0.25, 0.3) is 0 Å². The number of hydrogen-bond donors (Lipinski definition) is 1. The van der Waals surface area contributed by atoms with E-state index in [0.29, 0.717) is 12.1 Å². The number of halogens is 2. The van der Waals surface area contributed by atoms with Gasteiger partial charge in [0.2, 0.25) is 0 Å². The molecule has 0 radical (unpaired) electrons. The average molecular weight is 274 g/mol. The van der Waals surface area contributed by atoms with Crippen LogP contribution in [-0.4, -0.2) is 18.8 Å². The SMILES string of the molecule is CCOC1CC(NCc2c(Cl)cccc2Cl)C1. The van der Waals surface area contributed by atoms with Crippen molar-refractivity contribution in [2.45, 2.75) is 38.5 Å². The lowest BCUT2D eigenvalue weighted by Crippen LogP contribution is -2.45. The quantitative estimate of drug-likeness (QED) is 0.884. The Labute approximate surface area is 112 Å². The van der Waals surface area contributed by atoms with Gasteiger partial charge in [0, 0.05) is 34.8 Å². The lowest BCUT2D eigenvalue weighted by atomic mass is 9.89. The molecule has 0 amide bonds. The van der Waals surface area contributed by atoms with Crippen molar-refractivity contribution in [3.8, 4) is 0 Å². The van der Waals surface area contributed by atoms with E-state index in [-0.39, 0.29) is 0 Å². The molecule has 1 saturated carbocycles. The van der Waals surface area contributed by atoms with Crippen LogP contribution in [-0.2, 0) is 11.3 Å². The molecule has 0 saturated heterocycles. The third-order valence-corrected chi connectivity index (χ3v) is 3.83. The number of rotatable bonds is 5. The van der Waals surface area contributed by atoms with Gasteiger partial charge in [0.1, 0.15) is 0 Å². The zero-order chi connectivity index (χ0) is 12.3. The third kappa shape index (κ3) is 3.35. The van der Waals surface area contributed by atoms with Crippen LogP contribution in [0, 0.1) is 0 Å². The van der Waals surface area contributed by atoms with Gasteiger partial charge in [-0.2, -0.15) is 0 Å². The molecular formula is C13H17Cl2NO. The Morgan fingerprint density at radius 3 is 2.53 bits per heavy atom. The highest BCUT2D eigenvalue weighted by Gasteiger charge is 2.29. The minimum atomic E-state index is 0.430. The monoisotopic (exact) mass is 273 g/mol. The van der Waals surface area contributed by atoms with E-state index >= 15 is 0 Å². The third-order valence-electron chi connectivity index (χ3n) is 3.13. The Kier molecular flexibility index (Phi) is 4.69. The fourth-order valence-electron chi connectivity index (χ4n) is 2.05. The molecule has 1 aliphatic carbocycles. The molecule has 0 spiro atoms. The molecule has 0 aromatic heterocycles. The van der Waals surface area contributed by atoms with E-state index in [9.17, 15) is 0 Å². The van der Waals surface area contributed by atoms with Crippen molar-refractivity contribution >= 4 is 23.2 Å². The summed E-state index contributed by atoms with van der Waals surface area (Å²) in [4.78, 5) is 0. The summed E-state index contributed by atoms with van der Waals surface area (Å²) >= 11 is 12.2. The van der Waals surface area contributed by atoms with Crippen molar-refractivity contribution in [3.05, 3.63) is 33.8 Å². The van der Waals surface area contributed by atoms with E-state index < -0.39 is 0 Å². The van der Waals surface area contributed by atoms with Gasteiger partial charge in [-0.05, 0) is 31.9 Å². The summed E-state index contributed by atoms with van der Waals surface area (Å²) in [5.74, 6) is 0. The number of hydrogen-bond acceptors (Lipinski definition) is 2. The molecule has 1 aliphatic rings. The van der Waals surface area contributed by atoms with Gasteiger partial charge in [-0.15, -0.1) is 0 Å². The van der Waals surface area contributed by atoms with E-state index in [1.54, 1.807) is 0 Å². The zero-order valence-corrected chi connectivity index (χ0v) is 11.4. The Balaban J connectivity index is 1.80. The van der Waals surface area contributed by atoms with E-state index in [0.717, 1.165) is 41.6 Å². The molecule has 0 unspecified atom stereocenters. The van der Waals surface area contributed by atoms with Crippen LogP contribution in [0.3, 0.4) is 0 Å². The molecule has 4 heteroatoms. The van der Waals surface area contributed by atoms with E-state index in [1.165, 1.54) is 0 Å². The van der Waals surface area contributed by atoms with Gasteiger partial charge < -0.3 is 10.1 Å². The van der Waals surface area contributed by atoms with Gasteiger partial charge in [0.25, 0.3) is 0 Å². The average Bonchev–Trinajstić information content (AvgIpc) is 2.24. The number of ether oxygens (including phenoxy) is 1. The second-order valence-corrected chi connectivity index (χ2v) is 5.14. The van der Waals surface area contributed by atoms with Gasteiger partial charge in [-0.1, -0.05) is 29.3 Å². The highest BCUT2D eigenvalue weighted by Crippen LogP contribution is 2.27. The maximum absolute atomic E-state index is 6.10. The predicted octanol–water partition coefficient (Wildman–Crippen LogP) is 3.65. The van der Waals surface area contributed by atoms with Crippen LogP contribution in [0.4, 0.5) is 0 Å². The van der Waals surface area contributed by atoms with Crippen molar-refractivity contribution in [2.24, 2.45) is 0 Å². The lowest BCUT2D eigenvalue weighted by Gasteiger charge is -2.35. The maximum atomic E-state index is 6.10. The smallest absolute Gasteiger partial charge is 0.0604 e. The fraction of sp³-hybridized carbons (Fsp3) is 0.538. The fourth-order valence-corrected chi connectivity index (χ4v) is 2.58. The standard InChI is InChI=1S/C13H17Cl2NO/c1-2-17-10-6-9(7-10)16-8-11-12(14)4-3-5-13(11)15/h3-5,9-10,16H,2,6-8H2,1H3. The predicted molar refractivity (Wildman–Crippen MR) is 71.7 cm³/mol. The summed E-state index contributed by atoms with van der Waals surface area (Å²) in [5.41, 5.74) is 0.982. The Hall–Kier alpha value is -0.280. The van der Waals surface area contributed by atoms with Gasteiger partial charge in [0.15, 0.2) is 0 Å². The maximum Gasteiger partial charge on any atom is 0.0604 e. The zero-order valence-electron chi connectivity index (χ0n) is 9.88. The lowest BCUT2D eigenvalue weighted by molar-refractivity contribution is -0.0102. The first-order valence-electron chi connectivity index (χ1n) is 5.98. The number of benzene rings is 1. The van der Waals surface area contributed by atoms with Crippen LogP contribution in [0.1, 0.15) is 25.3 Å². The van der Waals surface area contributed by atoms with Crippen molar-refractivity contribution < 1.29 is 4.74 Å². The second-order valence-electron chi connectivity index (χ2n) is 4.33. The molecule has 2 rings (SSSR count). The molecule has 0 heterocycles. The molecule has 2 nitrogen and oxygen atoms in total. The van der Waals surface area contributed by atoms with Crippen LogP contribution in [0.5, 0.6) is 0 Å². The molecule has 1 N–H and O–H groups in total. The summed E-state index contributed by atoms with van der Waals surface area (Å²) in [6.45, 7) is 3.56. The molecule has 0 bridgehead atoms. The molecule has 94 valence electrons. The van der Waals surface area contributed by atoms with E-state index in [4.69, 9.17) is 27.9 Å². The van der Waals surface area contributed by atoms with Crippen LogP contribution >= 0.6 is 23.2 Å². The molecule has 1 aromatic rings. The minimum Gasteiger partial charge on any atom is -0.378 e. The first-order valence-corrected chi connectivity index (χ1v) is 6.74. The van der Waals surface area contributed by atoms with Crippen molar-refractivity contribution in [1.29, 1.82) is 0 Å². The van der Waals surface area contributed by atoms with E-state index in [2.05, 4.69) is 5.32 Å². The van der Waals surface area contributed by atoms with E-state index in [1.807, 2.05) is 25.1 Å². The van der Waals surface area contributed by atoms with Crippen molar-refractivity contribution in [2.75, 3.05) is 6.61 Å². The van der Waals surface area contributed by atoms with Crippen LogP contribution in [0.2, 0.25) is 10.0 Å². The molecule has 0 atom stereocenters. The van der Waals surface area contributed by atoms with Crippen LogP contribution < -0.4 is 5.32 Å². The minimum absolute atomic E-state index is 0.430. The first kappa shape index (κ1) is 13.2. The number of nitrogens with one attached hydrogen (secondary N) is 1. The molecular weight excluding hydrogens is 257 g/mol. The summed E-state index contributed by atoms with van der Waals surface area (Å²) in [5, 5.41) is 4.91. The molecule has 1 fully saturated rings. The summed E-state index contributed by atoms with van der Waals surface area (Å²) in [6.07, 6.45) is 2.59. The van der Waals surface area contributed by atoms with Crippen LogP contribution in [0.15, 0.2) is 18.2 Å². The molecule has 0 aliphatic heterocycles. The Bertz CT molecular complexity index is 357. The largest absolute Gasteiger partial charge is 0.378 e. The van der Waals surface area contributed by atoms with Crippen molar-refractivity contribution in [3.63, 3.8) is 0 Å². The highest BCUT2D eigenvalue weighted by molar-refractivity contribution is 6.35. The van der Waals surface area contributed by atoms with Gasteiger partial charge >= 0.3 is 0 Å². The topological polar surface area (TPSA) is 21.3 Å².